The molecule has 0 radical (unpaired) electrons. The van der Waals surface area contributed by atoms with Gasteiger partial charge in [-0.3, -0.25) is 9.88 Å². The predicted octanol–water partition coefficient (Wildman–Crippen LogP) is 2.23. The van der Waals surface area contributed by atoms with Crippen molar-refractivity contribution in [1.82, 2.24) is 19.9 Å². The van der Waals surface area contributed by atoms with Gasteiger partial charge in [-0.25, -0.2) is 9.97 Å². The fourth-order valence-corrected chi connectivity index (χ4v) is 3.17. The van der Waals surface area contributed by atoms with Crippen LogP contribution in [0.4, 0.5) is 5.82 Å². The Morgan fingerprint density at radius 1 is 1.21 bits per heavy atom. The number of rotatable bonds is 4. The molecule has 0 unspecified atom stereocenters. The number of pyridine rings is 1. The molecular formula is C18H22N6. The van der Waals surface area contributed by atoms with Crippen molar-refractivity contribution in [2.45, 2.75) is 31.8 Å². The molecule has 0 amide bonds. The van der Waals surface area contributed by atoms with E-state index < -0.39 is 0 Å². The van der Waals surface area contributed by atoms with Crippen LogP contribution in [0.5, 0.6) is 0 Å². The van der Waals surface area contributed by atoms with Crippen LogP contribution in [-0.2, 0) is 6.54 Å². The molecule has 1 fully saturated rings. The van der Waals surface area contributed by atoms with E-state index in [0.717, 1.165) is 44.0 Å². The summed E-state index contributed by atoms with van der Waals surface area (Å²) in [5.41, 5.74) is 1.47. The first kappa shape index (κ1) is 16.3. The largest absolute Gasteiger partial charge is 0.355 e. The summed E-state index contributed by atoms with van der Waals surface area (Å²) < 4.78 is 0. The van der Waals surface area contributed by atoms with E-state index in [9.17, 15) is 0 Å². The minimum atomic E-state index is 0.363. The van der Waals surface area contributed by atoms with Gasteiger partial charge in [0.05, 0.1) is 18.1 Å². The summed E-state index contributed by atoms with van der Waals surface area (Å²) in [5.74, 6) is 0.863. The summed E-state index contributed by atoms with van der Waals surface area (Å²) in [6, 6.07) is 8.62. The topological polar surface area (TPSA) is 68.9 Å². The van der Waals surface area contributed by atoms with Gasteiger partial charge in [0, 0.05) is 31.9 Å². The highest BCUT2D eigenvalue weighted by Gasteiger charge is 2.21. The van der Waals surface area contributed by atoms with E-state index in [1.54, 1.807) is 12.4 Å². The maximum absolute atomic E-state index is 8.82. The van der Waals surface area contributed by atoms with Gasteiger partial charge in [-0.2, -0.15) is 5.26 Å². The summed E-state index contributed by atoms with van der Waals surface area (Å²) in [5, 5.41) is 8.82. The highest BCUT2D eigenvalue weighted by molar-refractivity contribution is 5.37. The molecule has 0 aliphatic carbocycles. The van der Waals surface area contributed by atoms with Gasteiger partial charge in [0.1, 0.15) is 11.9 Å². The van der Waals surface area contributed by atoms with Crippen molar-refractivity contribution < 1.29 is 0 Å². The number of anilines is 1. The van der Waals surface area contributed by atoms with E-state index in [1.165, 1.54) is 6.42 Å². The van der Waals surface area contributed by atoms with E-state index in [-0.39, 0.29) is 0 Å². The molecule has 0 bridgehead atoms. The zero-order chi connectivity index (χ0) is 16.8. The molecule has 1 aliphatic heterocycles. The molecule has 1 saturated heterocycles. The summed E-state index contributed by atoms with van der Waals surface area (Å²) in [6.45, 7) is 2.81. The minimum absolute atomic E-state index is 0.363. The number of hydrogen-bond acceptors (Lipinski definition) is 6. The van der Waals surface area contributed by atoms with Crippen molar-refractivity contribution >= 4 is 5.82 Å². The van der Waals surface area contributed by atoms with Crippen LogP contribution in [0.2, 0.25) is 0 Å². The second-order valence-electron chi connectivity index (χ2n) is 6.18. The lowest BCUT2D eigenvalue weighted by Gasteiger charge is -2.27. The molecule has 0 N–H and O–H groups in total. The van der Waals surface area contributed by atoms with Crippen molar-refractivity contribution in [1.29, 1.82) is 5.26 Å². The number of nitrogens with zero attached hydrogens (tertiary/aromatic N) is 6. The molecule has 1 atom stereocenters. The lowest BCUT2D eigenvalue weighted by atomic mass is 10.1. The van der Waals surface area contributed by atoms with Crippen LogP contribution in [0.15, 0.2) is 36.8 Å². The predicted molar refractivity (Wildman–Crippen MR) is 92.3 cm³/mol. The minimum Gasteiger partial charge on any atom is -0.355 e. The number of nitriles is 1. The van der Waals surface area contributed by atoms with Crippen molar-refractivity contribution in [2.75, 3.05) is 25.0 Å². The Kier molecular flexibility index (Phi) is 5.34. The fourth-order valence-electron chi connectivity index (χ4n) is 3.17. The standard InChI is InChI=1S/C18H22N6/c1-23(14-15-5-2-3-8-20-15)17-6-4-9-24(10-7-17)18-13-21-16(11-19)12-22-18/h2-3,5,8,12-13,17H,4,6-7,9-10,14H2,1H3/t17-/m0/s1. The molecule has 2 aromatic rings. The van der Waals surface area contributed by atoms with Crippen LogP contribution in [0.25, 0.3) is 0 Å². The maximum atomic E-state index is 8.82. The van der Waals surface area contributed by atoms with Gasteiger partial charge in [0.25, 0.3) is 0 Å². The Balaban J connectivity index is 1.59. The van der Waals surface area contributed by atoms with Gasteiger partial charge in [-0.05, 0) is 38.4 Å². The Morgan fingerprint density at radius 2 is 2.12 bits per heavy atom. The highest BCUT2D eigenvalue weighted by Crippen LogP contribution is 2.20. The summed E-state index contributed by atoms with van der Waals surface area (Å²) in [6.07, 6.45) is 8.48. The SMILES string of the molecule is CN(Cc1ccccn1)[C@H]1CCCN(c2cnc(C#N)cn2)CC1. The van der Waals surface area contributed by atoms with Crippen molar-refractivity contribution in [3.05, 3.63) is 48.2 Å². The Bertz CT molecular complexity index is 679. The summed E-state index contributed by atoms with van der Waals surface area (Å²) in [7, 11) is 2.18. The highest BCUT2D eigenvalue weighted by atomic mass is 15.2. The van der Waals surface area contributed by atoms with Crippen LogP contribution >= 0.6 is 0 Å². The molecule has 124 valence electrons. The third kappa shape index (κ3) is 4.06. The van der Waals surface area contributed by atoms with Crippen molar-refractivity contribution in [3.63, 3.8) is 0 Å². The van der Waals surface area contributed by atoms with Gasteiger partial charge in [0.2, 0.25) is 0 Å². The van der Waals surface area contributed by atoms with E-state index in [1.807, 2.05) is 24.4 Å². The van der Waals surface area contributed by atoms with Gasteiger partial charge < -0.3 is 4.90 Å². The molecule has 0 spiro atoms. The normalized spacial score (nSPS) is 18.2. The first-order valence-electron chi connectivity index (χ1n) is 8.33. The first-order chi connectivity index (χ1) is 11.8. The van der Waals surface area contributed by atoms with Crippen LogP contribution in [0.1, 0.15) is 30.7 Å². The van der Waals surface area contributed by atoms with Gasteiger partial charge in [-0.1, -0.05) is 6.07 Å². The lowest BCUT2D eigenvalue weighted by Crippen LogP contribution is -2.33. The number of aromatic nitrogens is 3. The molecule has 6 nitrogen and oxygen atoms in total. The summed E-state index contributed by atoms with van der Waals surface area (Å²) in [4.78, 5) is 17.6. The van der Waals surface area contributed by atoms with Crippen LogP contribution in [0, 0.1) is 11.3 Å². The summed E-state index contributed by atoms with van der Waals surface area (Å²) >= 11 is 0. The van der Waals surface area contributed by atoms with Crippen molar-refractivity contribution in [3.8, 4) is 6.07 Å². The molecule has 0 aromatic carbocycles. The number of hydrogen-bond donors (Lipinski definition) is 0. The second kappa shape index (κ2) is 7.84. The maximum Gasteiger partial charge on any atom is 0.158 e. The zero-order valence-corrected chi connectivity index (χ0v) is 14.0. The smallest absolute Gasteiger partial charge is 0.158 e. The van der Waals surface area contributed by atoms with E-state index in [0.29, 0.717) is 11.7 Å². The van der Waals surface area contributed by atoms with Crippen LogP contribution < -0.4 is 4.90 Å². The van der Waals surface area contributed by atoms with Gasteiger partial charge in [0.15, 0.2) is 5.69 Å². The Hall–Kier alpha value is -2.52. The van der Waals surface area contributed by atoms with E-state index in [2.05, 4.69) is 37.9 Å². The van der Waals surface area contributed by atoms with E-state index in [4.69, 9.17) is 5.26 Å². The quantitative estimate of drug-likeness (QED) is 0.860. The molecule has 2 aromatic heterocycles. The Morgan fingerprint density at radius 3 is 2.83 bits per heavy atom. The molecule has 24 heavy (non-hydrogen) atoms. The van der Waals surface area contributed by atoms with Crippen LogP contribution in [-0.4, -0.2) is 46.0 Å². The average Bonchev–Trinajstić information content (AvgIpc) is 2.89. The third-order valence-electron chi connectivity index (χ3n) is 4.54. The average molecular weight is 322 g/mol. The lowest BCUT2D eigenvalue weighted by molar-refractivity contribution is 0.215. The second-order valence-corrected chi connectivity index (χ2v) is 6.18. The Labute approximate surface area is 142 Å². The molecular weight excluding hydrogens is 300 g/mol. The molecule has 3 rings (SSSR count). The zero-order valence-electron chi connectivity index (χ0n) is 14.0. The van der Waals surface area contributed by atoms with Crippen molar-refractivity contribution in [2.24, 2.45) is 0 Å². The first-order valence-corrected chi connectivity index (χ1v) is 8.33. The molecule has 0 saturated carbocycles. The van der Waals surface area contributed by atoms with Crippen LogP contribution in [0.3, 0.4) is 0 Å². The molecule has 1 aliphatic rings. The van der Waals surface area contributed by atoms with E-state index >= 15 is 0 Å². The third-order valence-corrected chi connectivity index (χ3v) is 4.54. The van der Waals surface area contributed by atoms with Gasteiger partial charge in [-0.15, -0.1) is 0 Å². The molecule has 3 heterocycles. The molecule has 6 heteroatoms. The fraction of sp³-hybridized carbons (Fsp3) is 0.444. The van der Waals surface area contributed by atoms with Gasteiger partial charge >= 0.3 is 0 Å². The monoisotopic (exact) mass is 322 g/mol.